The van der Waals surface area contributed by atoms with Crippen molar-refractivity contribution in [3.63, 3.8) is 0 Å². The molecule has 276 valence electrons. The van der Waals surface area contributed by atoms with Gasteiger partial charge in [0.25, 0.3) is 10.1 Å². The zero-order valence-corrected chi connectivity index (χ0v) is 31.1. The predicted molar refractivity (Wildman–Crippen MR) is 195 cm³/mol. The second kappa shape index (κ2) is 33.5. The van der Waals surface area contributed by atoms with E-state index in [2.05, 4.69) is 0 Å². The van der Waals surface area contributed by atoms with Gasteiger partial charge in [-0.3, -0.25) is 4.18 Å². The minimum Gasteiger partial charge on any atom is -0.396 e. The molecule has 1 aromatic carbocycles. The summed E-state index contributed by atoms with van der Waals surface area (Å²) in [5.74, 6) is 0. The second-order valence-corrected chi connectivity index (χ2v) is 14.8. The van der Waals surface area contributed by atoms with Crippen LogP contribution in [0.2, 0.25) is 0 Å². The van der Waals surface area contributed by atoms with Gasteiger partial charge in [0.1, 0.15) is 0 Å². The highest BCUT2D eigenvalue weighted by atomic mass is 32.2. The van der Waals surface area contributed by atoms with Gasteiger partial charge in [-0.1, -0.05) is 120 Å². The number of aryl methyl sites for hydroxylation is 1. The van der Waals surface area contributed by atoms with Gasteiger partial charge in [0, 0.05) is 46.2 Å². The summed E-state index contributed by atoms with van der Waals surface area (Å²) in [4.78, 5) is 0.231. The van der Waals surface area contributed by atoms with Gasteiger partial charge in [0.2, 0.25) is 0 Å². The van der Waals surface area contributed by atoms with Crippen molar-refractivity contribution in [2.24, 2.45) is 0 Å². The number of aliphatic hydroxyl groups is 1. The van der Waals surface area contributed by atoms with Gasteiger partial charge in [0.05, 0.1) is 11.5 Å². The second-order valence-electron chi connectivity index (χ2n) is 13.1. The first-order valence-corrected chi connectivity index (χ1v) is 20.8. The highest BCUT2D eigenvalue weighted by Crippen LogP contribution is 2.15. The number of hydrogen-bond donors (Lipinski definition) is 1. The van der Waals surface area contributed by atoms with Gasteiger partial charge in [-0.25, -0.2) is 0 Å². The zero-order chi connectivity index (χ0) is 33.9. The Morgan fingerprint density at radius 1 is 0.426 bits per heavy atom. The third kappa shape index (κ3) is 29.6. The largest absolute Gasteiger partial charge is 0.396 e. The van der Waals surface area contributed by atoms with Crippen molar-refractivity contribution in [2.75, 3.05) is 52.9 Å². The Kier molecular flexibility index (Phi) is 31.3. The van der Waals surface area contributed by atoms with E-state index in [4.69, 9.17) is 23.5 Å². The van der Waals surface area contributed by atoms with Crippen molar-refractivity contribution >= 4 is 10.1 Å². The smallest absolute Gasteiger partial charge is 0.296 e. The molecular formula is C39H72O7S. The van der Waals surface area contributed by atoms with Crippen molar-refractivity contribution in [3.05, 3.63) is 29.8 Å². The van der Waals surface area contributed by atoms with E-state index in [1.54, 1.807) is 24.3 Å². The molecule has 1 N–H and O–H groups in total. The summed E-state index contributed by atoms with van der Waals surface area (Å²) in [6.45, 7) is 7.88. The third-order valence-corrected chi connectivity index (χ3v) is 9.91. The molecule has 1 rings (SSSR count). The Labute approximate surface area is 290 Å². The molecule has 0 atom stereocenters. The normalized spacial score (nSPS) is 11.9. The standard InChI is InChI=1S/C39H72O7S/c1-38-26-28-39(29-27-38)47(41,42)46-37-25-17-9-8-16-24-36-45-35-23-15-7-6-14-22-34-44-33-21-13-5-4-12-20-32-43-31-19-11-3-2-10-18-30-40/h26-29,40H,2-25,30-37H2,1H3. The van der Waals surface area contributed by atoms with Crippen LogP contribution < -0.4 is 0 Å². The molecule has 0 radical (unpaired) electrons. The Morgan fingerprint density at radius 3 is 1.02 bits per heavy atom. The molecule has 8 heteroatoms. The van der Waals surface area contributed by atoms with Gasteiger partial charge in [-0.15, -0.1) is 0 Å². The van der Waals surface area contributed by atoms with Crippen LogP contribution in [0, 0.1) is 6.92 Å². The summed E-state index contributed by atoms with van der Waals surface area (Å²) in [6.07, 6.45) is 28.3. The van der Waals surface area contributed by atoms with Gasteiger partial charge in [-0.2, -0.15) is 8.42 Å². The maximum atomic E-state index is 12.2. The fraction of sp³-hybridized carbons (Fsp3) is 0.846. The maximum absolute atomic E-state index is 12.2. The summed E-state index contributed by atoms with van der Waals surface area (Å²) in [5, 5.41) is 8.77. The summed E-state index contributed by atoms with van der Waals surface area (Å²) < 4.78 is 46.9. The Hall–Kier alpha value is -1.03. The summed E-state index contributed by atoms with van der Waals surface area (Å²) in [5.41, 5.74) is 1.03. The van der Waals surface area contributed by atoms with Crippen molar-refractivity contribution in [3.8, 4) is 0 Å². The van der Waals surface area contributed by atoms with E-state index in [0.717, 1.165) is 103 Å². The Morgan fingerprint density at radius 2 is 0.702 bits per heavy atom. The summed E-state index contributed by atoms with van der Waals surface area (Å²) >= 11 is 0. The fourth-order valence-corrected chi connectivity index (χ4v) is 6.46. The lowest BCUT2D eigenvalue weighted by atomic mass is 10.1. The molecule has 7 nitrogen and oxygen atoms in total. The Bertz CT molecular complexity index is 876. The van der Waals surface area contributed by atoms with Crippen molar-refractivity contribution in [1.29, 1.82) is 0 Å². The summed E-state index contributed by atoms with van der Waals surface area (Å²) in [7, 11) is -3.64. The van der Waals surface area contributed by atoms with Crippen LogP contribution in [0.4, 0.5) is 0 Å². The number of benzene rings is 1. The molecule has 0 aliphatic rings. The molecule has 0 unspecified atom stereocenters. The SMILES string of the molecule is Cc1ccc(S(=O)(=O)OCCCCCCCCOCCCCCCCCOCCCCCCCCOCCCCCCCCO)cc1. The number of rotatable bonds is 37. The van der Waals surface area contributed by atoms with E-state index in [-0.39, 0.29) is 11.5 Å². The molecule has 0 fully saturated rings. The zero-order valence-electron chi connectivity index (χ0n) is 30.2. The average Bonchev–Trinajstić information content (AvgIpc) is 3.06. The van der Waals surface area contributed by atoms with Crippen LogP contribution in [-0.4, -0.2) is 66.4 Å². The monoisotopic (exact) mass is 684 g/mol. The van der Waals surface area contributed by atoms with E-state index in [9.17, 15) is 8.42 Å². The van der Waals surface area contributed by atoms with Gasteiger partial charge < -0.3 is 19.3 Å². The first-order valence-electron chi connectivity index (χ1n) is 19.4. The molecule has 0 spiro atoms. The quantitative estimate of drug-likeness (QED) is 0.0551. The predicted octanol–water partition coefficient (Wildman–Crippen LogP) is 10.1. The molecular weight excluding hydrogens is 612 g/mol. The van der Waals surface area contributed by atoms with E-state index < -0.39 is 10.1 Å². The van der Waals surface area contributed by atoms with Crippen LogP contribution in [-0.2, 0) is 28.5 Å². The van der Waals surface area contributed by atoms with E-state index in [1.807, 2.05) is 6.92 Å². The van der Waals surface area contributed by atoms with E-state index >= 15 is 0 Å². The van der Waals surface area contributed by atoms with E-state index in [1.165, 1.54) is 96.3 Å². The molecule has 0 heterocycles. The van der Waals surface area contributed by atoms with E-state index in [0.29, 0.717) is 6.61 Å². The molecule has 47 heavy (non-hydrogen) atoms. The van der Waals surface area contributed by atoms with Crippen molar-refractivity contribution in [1.82, 2.24) is 0 Å². The van der Waals surface area contributed by atoms with Gasteiger partial charge in [-0.05, 0) is 70.4 Å². The molecule has 0 amide bonds. The summed E-state index contributed by atoms with van der Waals surface area (Å²) in [6, 6.07) is 6.78. The van der Waals surface area contributed by atoms with Gasteiger partial charge >= 0.3 is 0 Å². The maximum Gasteiger partial charge on any atom is 0.296 e. The van der Waals surface area contributed by atoms with Gasteiger partial charge in [0.15, 0.2) is 0 Å². The molecule has 0 bridgehead atoms. The molecule has 0 aliphatic heterocycles. The average molecular weight is 685 g/mol. The topological polar surface area (TPSA) is 91.3 Å². The van der Waals surface area contributed by atoms with Crippen LogP contribution in [0.3, 0.4) is 0 Å². The minimum atomic E-state index is -3.64. The minimum absolute atomic E-state index is 0.231. The van der Waals surface area contributed by atoms with Crippen molar-refractivity contribution < 1.29 is 31.9 Å². The van der Waals surface area contributed by atoms with Crippen LogP contribution in [0.5, 0.6) is 0 Å². The number of aliphatic hydroxyl groups excluding tert-OH is 1. The van der Waals surface area contributed by atoms with Crippen LogP contribution in [0.25, 0.3) is 0 Å². The molecule has 1 aromatic rings. The number of ether oxygens (including phenoxy) is 3. The highest BCUT2D eigenvalue weighted by Gasteiger charge is 2.14. The first-order chi connectivity index (χ1) is 23.1. The molecule has 0 saturated carbocycles. The van der Waals surface area contributed by atoms with Crippen LogP contribution >= 0.6 is 0 Å². The third-order valence-electron chi connectivity index (χ3n) is 8.58. The molecule has 0 saturated heterocycles. The molecule has 0 aromatic heterocycles. The van der Waals surface area contributed by atoms with Crippen molar-refractivity contribution in [2.45, 2.75) is 166 Å². The lowest BCUT2D eigenvalue weighted by molar-refractivity contribution is 0.122. The number of hydrogen-bond acceptors (Lipinski definition) is 7. The fourth-order valence-electron chi connectivity index (χ4n) is 5.51. The first kappa shape index (κ1) is 44.0. The lowest BCUT2D eigenvalue weighted by Crippen LogP contribution is -2.07. The van der Waals surface area contributed by atoms with Crippen LogP contribution in [0.15, 0.2) is 29.2 Å². The Balaban J connectivity index is 1.67. The lowest BCUT2D eigenvalue weighted by Gasteiger charge is -2.07. The van der Waals surface area contributed by atoms with Crippen LogP contribution in [0.1, 0.15) is 160 Å². The molecule has 0 aliphatic carbocycles. The highest BCUT2D eigenvalue weighted by molar-refractivity contribution is 7.86. The number of unbranched alkanes of at least 4 members (excludes halogenated alkanes) is 20.